The first-order valence-electron chi connectivity index (χ1n) is 10.6. The highest BCUT2D eigenvalue weighted by atomic mass is 16.5. The van der Waals surface area contributed by atoms with Crippen LogP contribution in [0.5, 0.6) is 0 Å². The molecule has 6 heteroatoms. The standard InChI is InChI=1S/C25H32N2O4/c1-16(2)20-8-10-21(11-9-20)25(17(3)4)27-23(29)15-31-24(30)14-19-6-12-22(13-7-19)26-18(5)28/h6-13,16-17,25H,14-15H2,1-5H3,(H,26,28)(H,27,29)/t25-/m0/s1. The van der Waals surface area contributed by atoms with Gasteiger partial charge in [0, 0.05) is 12.6 Å². The average molecular weight is 425 g/mol. The Morgan fingerprint density at radius 2 is 1.45 bits per heavy atom. The van der Waals surface area contributed by atoms with Crippen LogP contribution in [-0.4, -0.2) is 24.4 Å². The third-order valence-corrected chi connectivity index (χ3v) is 4.93. The van der Waals surface area contributed by atoms with E-state index in [0.717, 1.165) is 11.1 Å². The van der Waals surface area contributed by atoms with E-state index in [4.69, 9.17) is 4.74 Å². The molecule has 166 valence electrons. The summed E-state index contributed by atoms with van der Waals surface area (Å²) in [5.41, 5.74) is 3.67. The Bertz CT molecular complexity index is 887. The van der Waals surface area contributed by atoms with E-state index in [-0.39, 0.29) is 36.8 Å². The van der Waals surface area contributed by atoms with Crippen molar-refractivity contribution in [3.63, 3.8) is 0 Å². The van der Waals surface area contributed by atoms with Crippen LogP contribution in [0.25, 0.3) is 0 Å². The number of ether oxygens (including phenoxy) is 1. The quantitative estimate of drug-likeness (QED) is 0.586. The molecule has 2 rings (SSSR count). The van der Waals surface area contributed by atoms with Crippen molar-refractivity contribution in [1.29, 1.82) is 0 Å². The highest BCUT2D eigenvalue weighted by Crippen LogP contribution is 2.24. The highest BCUT2D eigenvalue weighted by Gasteiger charge is 2.19. The Morgan fingerprint density at radius 1 is 0.871 bits per heavy atom. The van der Waals surface area contributed by atoms with Gasteiger partial charge in [0.15, 0.2) is 6.61 Å². The van der Waals surface area contributed by atoms with E-state index in [1.165, 1.54) is 12.5 Å². The smallest absolute Gasteiger partial charge is 0.310 e. The first-order valence-corrected chi connectivity index (χ1v) is 10.6. The summed E-state index contributed by atoms with van der Waals surface area (Å²) in [6.45, 7) is 9.47. The van der Waals surface area contributed by atoms with Crippen LogP contribution in [0.4, 0.5) is 5.69 Å². The average Bonchev–Trinajstić information content (AvgIpc) is 2.71. The van der Waals surface area contributed by atoms with Gasteiger partial charge in [-0.15, -0.1) is 0 Å². The summed E-state index contributed by atoms with van der Waals surface area (Å²) in [5, 5.41) is 5.64. The van der Waals surface area contributed by atoms with E-state index in [0.29, 0.717) is 11.6 Å². The van der Waals surface area contributed by atoms with E-state index in [1.54, 1.807) is 24.3 Å². The lowest BCUT2D eigenvalue weighted by atomic mass is 9.93. The van der Waals surface area contributed by atoms with Gasteiger partial charge in [0.1, 0.15) is 0 Å². The van der Waals surface area contributed by atoms with Crippen LogP contribution in [0, 0.1) is 5.92 Å². The first-order chi connectivity index (χ1) is 14.7. The summed E-state index contributed by atoms with van der Waals surface area (Å²) >= 11 is 0. The Balaban J connectivity index is 1.87. The zero-order chi connectivity index (χ0) is 23.0. The second-order valence-electron chi connectivity index (χ2n) is 8.33. The van der Waals surface area contributed by atoms with Crippen molar-refractivity contribution in [3.05, 3.63) is 65.2 Å². The molecule has 2 aromatic rings. The van der Waals surface area contributed by atoms with Crippen molar-refractivity contribution in [1.82, 2.24) is 5.32 Å². The van der Waals surface area contributed by atoms with E-state index < -0.39 is 5.97 Å². The fourth-order valence-corrected chi connectivity index (χ4v) is 3.21. The van der Waals surface area contributed by atoms with Gasteiger partial charge in [-0.1, -0.05) is 64.1 Å². The van der Waals surface area contributed by atoms with Gasteiger partial charge < -0.3 is 15.4 Å². The van der Waals surface area contributed by atoms with E-state index in [9.17, 15) is 14.4 Å². The molecule has 0 saturated carbocycles. The highest BCUT2D eigenvalue weighted by molar-refractivity contribution is 5.88. The van der Waals surface area contributed by atoms with Crippen LogP contribution in [0.15, 0.2) is 48.5 Å². The van der Waals surface area contributed by atoms with E-state index in [1.807, 2.05) is 26.0 Å². The van der Waals surface area contributed by atoms with Gasteiger partial charge in [-0.05, 0) is 40.7 Å². The predicted molar refractivity (Wildman–Crippen MR) is 122 cm³/mol. The van der Waals surface area contributed by atoms with Crippen molar-refractivity contribution in [2.45, 2.75) is 53.0 Å². The summed E-state index contributed by atoms with van der Waals surface area (Å²) in [4.78, 5) is 35.5. The number of benzene rings is 2. The number of carbonyl (C=O) groups is 3. The lowest BCUT2D eigenvalue weighted by Crippen LogP contribution is -2.35. The van der Waals surface area contributed by atoms with E-state index in [2.05, 4.69) is 36.6 Å². The van der Waals surface area contributed by atoms with Crippen LogP contribution in [0.2, 0.25) is 0 Å². The second-order valence-corrected chi connectivity index (χ2v) is 8.33. The number of amides is 2. The molecule has 0 bridgehead atoms. The predicted octanol–water partition coefficient (Wildman–Crippen LogP) is 4.37. The Morgan fingerprint density at radius 3 is 1.97 bits per heavy atom. The summed E-state index contributed by atoms with van der Waals surface area (Å²) in [6.07, 6.45) is 0.0535. The molecule has 0 saturated heterocycles. The number of nitrogens with one attached hydrogen (secondary N) is 2. The van der Waals surface area contributed by atoms with Crippen molar-refractivity contribution < 1.29 is 19.1 Å². The number of rotatable bonds is 9. The molecule has 0 aliphatic rings. The Kier molecular flexibility index (Phi) is 8.79. The molecule has 31 heavy (non-hydrogen) atoms. The topological polar surface area (TPSA) is 84.5 Å². The molecular formula is C25H32N2O4. The summed E-state index contributed by atoms with van der Waals surface area (Å²) in [5.74, 6) is -0.339. The Hall–Kier alpha value is -3.15. The first kappa shape index (κ1) is 24.1. The van der Waals surface area contributed by atoms with Crippen LogP contribution in [0.3, 0.4) is 0 Å². The minimum atomic E-state index is -0.482. The van der Waals surface area contributed by atoms with E-state index >= 15 is 0 Å². The minimum Gasteiger partial charge on any atom is -0.455 e. The van der Waals surface area contributed by atoms with Crippen molar-refractivity contribution >= 4 is 23.5 Å². The zero-order valence-corrected chi connectivity index (χ0v) is 18.9. The SMILES string of the molecule is CC(=O)Nc1ccc(CC(=O)OCC(=O)N[C@H](c2ccc(C(C)C)cc2)C(C)C)cc1. The van der Waals surface area contributed by atoms with Crippen LogP contribution < -0.4 is 10.6 Å². The molecule has 2 amide bonds. The van der Waals surface area contributed by atoms with Crippen LogP contribution >= 0.6 is 0 Å². The molecular weight excluding hydrogens is 392 g/mol. The zero-order valence-electron chi connectivity index (χ0n) is 18.9. The molecule has 0 radical (unpaired) electrons. The van der Waals surface area contributed by atoms with Crippen LogP contribution in [-0.2, 0) is 25.5 Å². The Labute approximate surface area is 184 Å². The van der Waals surface area contributed by atoms with Crippen LogP contribution in [0.1, 0.15) is 63.3 Å². The monoisotopic (exact) mass is 424 g/mol. The fourth-order valence-electron chi connectivity index (χ4n) is 3.21. The third-order valence-electron chi connectivity index (χ3n) is 4.93. The van der Waals surface area contributed by atoms with Crippen molar-refractivity contribution in [2.75, 3.05) is 11.9 Å². The molecule has 0 aliphatic heterocycles. The van der Waals surface area contributed by atoms with Gasteiger partial charge in [0.2, 0.25) is 5.91 Å². The number of esters is 1. The molecule has 0 aliphatic carbocycles. The molecule has 6 nitrogen and oxygen atoms in total. The molecule has 0 fully saturated rings. The number of anilines is 1. The number of carbonyl (C=O) groups excluding carboxylic acids is 3. The lowest BCUT2D eigenvalue weighted by Gasteiger charge is -2.23. The molecule has 0 aromatic heterocycles. The molecule has 0 spiro atoms. The van der Waals surface area contributed by atoms with Gasteiger partial charge >= 0.3 is 5.97 Å². The lowest BCUT2D eigenvalue weighted by molar-refractivity contribution is -0.148. The van der Waals surface area contributed by atoms with Crippen molar-refractivity contribution in [3.8, 4) is 0 Å². The fraction of sp³-hybridized carbons (Fsp3) is 0.400. The van der Waals surface area contributed by atoms with Gasteiger partial charge in [0.25, 0.3) is 5.91 Å². The van der Waals surface area contributed by atoms with Gasteiger partial charge in [0.05, 0.1) is 12.5 Å². The number of hydrogen-bond donors (Lipinski definition) is 2. The number of hydrogen-bond acceptors (Lipinski definition) is 4. The largest absolute Gasteiger partial charge is 0.455 e. The maximum atomic E-state index is 12.4. The molecule has 1 atom stereocenters. The van der Waals surface area contributed by atoms with Crippen molar-refractivity contribution in [2.24, 2.45) is 5.92 Å². The second kappa shape index (κ2) is 11.3. The molecule has 0 heterocycles. The third kappa shape index (κ3) is 7.89. The maximum Gasteiger partial charge on any atom is 0.310 e. The summed E-state index contributed by atoms with van der Waals surface area (Å²) < 4.78 is 5.15. The minimum absolute atomic E-state index is 0.0535. The summed E-state index contributed by atoms with van der Waals surface area (Å²) in [6, 6.07) is 15.0. The normalized spacial score (nSPS) is 11.8. The van der Waals surface area contributed by atoms with Gasteiger partial charge in [-0.25, -0.2) is 0 Å². The molecule has 2 aromatic carbocycles. The molecule has 0 unspecified atom stereocenters. The van der Waals surface area contributed by atoms with Gasteiger partial charge in [-0.3, -0.25) is 14.4 Å². The van der Waals surface area contributed by atoms with Gasteiger partial charge in [-0.2, -0.15) is 0 Å². The molecule has 2 N–H and O–H groups in total. The summed E-state index contributed by atoms with van der Waals surface area (Å²) in [7, 11) is 0. The maximum absolute atomic E-state index is 12.4.